The minimum atomic E-state index is 0.00669. The number of hydrogen-bond acceptors (Lipinski definition) is 3. The quantitative estimate of drug-likeness (QED) is 0.859. The lowest BCUT2D eigenvalue weighted by Gasteiger charge is -2.34. The van der Waals surface area contributed by atoms with Gasteiger partial charge in [-0.3, -0.25) is 4.79 Å². The van der Waals surface area contributed by atoms with Crippen LogP contribution >= 0.6 is 15.9 Å². The number of nitrogens with zero attached hydrogens (tertiary/aromatic N) is 1. The number of halogens is 1. The van der Waals surface area contributed by atoms with Crippen molar-refractivity contribution in [2.45, 2.75) is 6.42 Å². The Morgan fingerprint density at radius 3 is 3.06 bits per heavy atom. The number of likely N-dealkylation sites (tertiary alicyclic amines) is 1. The summed E-state index contributed by atoms with van der Waals surface area (Å²) in [6.07, 6.45) is 2.64. The summed E-state index contributed by atoms with van der Waals surface area (Å²) in [5.74, 6) is 1.79. The second-order valence-electron chi connectivity index (χ2n) is 4.82. The van der Waals surface area contributed by atoms with E-state index in [0.29, 0.717) is 11.7 Å². The summed E-state index contributed by atoms with van der Waals surface area (Å²) in [6, 6.07) is 1.76. The molecule has 1 aromatic rings. The van der Waals surface area contributed by atoms with Gasteiger partial charge in [0.05, 0.1) is 10.7 Å². The van der Waals surface area contributed by atoms with E-state index in [1.165, 1.54) is 0 Å². The number of carbonyl (C=O) groups is 1. The maximum atomic E-state index is 12.3. The third-order valence-electron chi connectivity index (χ3n) is 3.80. The molecule has 0 bridgehead atoms. The predicted molar refractivity (Wildman–Crippen MR) is 66.8 cm³/mol. The van der Waals surface area contributed by atoms with E-state index >= 15 is 0 Å². The van der Waals surface area contributed by atoms with Crippen LogP contribution in [0.2, 0.25) is 0 Å². The Morgan fingerprint density at radius 2 is 2.29 bits per heavy atom. The van der Waals surface area contributed by atoms with Crippen LogP contribution in [0.15, 0.2) is 21.2 Å². The molecule has 0 spiro atoms. The van der Waals surface area contributed by atoms with Crippen LogP contribution in [0, 0.1) is 11.8 Å². The molecule has 3 heterocycles. The predicted octanol–water partition coefficient (Wildman–Crippen LogP) is 1.72. The van der Waals surface area contributed by atoms with Gasteiger partial charge in [0, 0.05) is 13.1 Å². The number of nitrogens with one attached hydrogen (secondary N) is 1. The molecule has 0 saturated carbocycles. The molecule has 2 unspecified atom stereocenters. The summed E-state index contributed by atoms with van der Waals surface area (Å²) in [4.78, 5) is 14.2. The third-order valence-corrected chi connectivity index (χ3v) is 4.43. The average molecular weight is 299 g/mol. The molecule has 17 heavy (non-hydrogen) atoms. The molecule has 0 aliphatic carbocycles. The van der Waals surface area contributed by atoms with Crippen LogP contribution in [0.25, 0.3) is 0 Å². The van der Waals surface area contributed by atoms with E-state index in [0.717, 1.165) is 43.0 Å². The van der Waals surface area contributed by atoms with Crippen LogP contribution in [0.4, 0.5) is 0 Å². The van der Waals surface area contributed by atoms with Gasteiger partial charge in [-0.25, -0.2) is 0 Å². The second-order valence-corrected chi connectivity index (χ2v) is 5.67. The fourth-order valence-corrected chi connectivity index (χ4v) is 3.18. The minimum absolute atomic E-state index is 0.00669. The number of furan rings is 1. The lowest BCUT2D eigenvalue weighted by molar-refractivity contribution is 0.0609. The van der Waals surface area contributed by atoms with E-state index in [1.807, 2.05) is 4.90 Å². The van der Waals surface area contributed by atoms with Crippen molar-refractivity contribution >= 4 is 21.8 Å². The van der Waals surface area contributed by atoms with Crippen molar-refractivity contribution in [1.82, 2.24) is 10.2 Å². The molecule has 1 N–H and O–H groups in total. The van der Waals surface area contributed by atoms with Gasteiger partial charge >= 0.3 is 0 Å². The Balaban J connectivity index is 1.73. The van der Waals surface area contributed by atoms with Crippen molar-refractivity contribution in [2.24, 2.45) is 11.8 Å². The largest absolute Gasteiger partial charge is 0.458 e. The maximum absolute atomic E-state index is 12.3. The molecule has 2 atom stereocenters. The molecule has 0 aromatic carbocycles. The van der Waals surface area contributed by atoms with E-state index in [4.69, 9.17) is 4.42 Å². The van der Waals surface area contributed by atoms with Gasteiger partial charge in [-0.05, 0) is 53.3 Å². The number of amides is 1. The van der Waals surface area contributed by atoms with Crippen LogP contribution in [0.3, 0.4) is 0 Å². The van der Waals surface area contributed by atoms with Gasteiger partial charge in [0.15, 0.2) is 0 Å². The highest BCUT2D eigenvalue weighted by Gasteiger charge is 2.35. The van der Waals surface area contributed by atoms with Crippen molar-refractivity contribution in [3.63, 3.8) is 0 Å². The second kappa shape index (κ2) is 4.46. The Labute approximate surface area is 108 Å². The molecule has 2 aliphatic heterocycles. The summed E-state index contributed by atoms with van der Waals surface area (Å²) in [5, 5.41) is 3.40. The van der Waals surface area contributed by atoms with Crippen molar-refractivity contribution in [1.29, 1.82) is 0 Å². The highest BCUT2D eigenvalue weighted by atomic mass is 79.9. The summed E-state index contributed by atoms with van der Waals surface area (Å²) >= 11 is 3.34. The fourth-order valence-electron chi connectivity index (χ4n) is 2.81. The first kappa shape index (κ1) is 11.3. The van der Waals surface area contributed by atoms with Gasteiger partial charge in [0.25, 0.3) is 5.91 Å². The van der Waals surface area contributed by atoms with Crippen molar-refractivity contribution < 1.29 is 9.21 Å². The fraction of sp³-hybridized carbons (Fsp3) is 0.583. The molecule has 92 valence electrons. The summed E-state index contributed by atoms with van der Waals surface area (Å²) in [7, 11) is 0. The number of piperidine rings is 1. The molecular formula is C12H15BrN2O2. The van der Waals surface area contributed by atoms with Gasteiger partial charge in [-0.1, -0.05) is 0 Å². The summed E-state index contributed by atoms with van der Waals surface area (Å²) < 4.78 is 5.98. The molecule has 0 radical (unpaired) electrons. The van der Waals surface area contributed by atoms with Crippen LogP contribution in [0.1, 0.15) is 17.0 Å². The van der Waals surface area contributed by atoms with Crippen molar-refractivity contribution in [2.75, 3.05) is 26.2 Å². The number of carbonyl (C=O) groups excluding carboxylic acids is 1. The normalized spacial score (nSPS) is 28.2. The minimum Gasteiger partial charge on any atom is -0.458 e. The molecule has 2 fully saturated rings. The van der Waals surface area contributed by atoms with E-state index in [-0.39, 0.29) is 5.91 Å². The van der Waals surface area contributed by atoms with Crippen molar-refractivity contribution in [3.8, 4) is 0 Å². The topological polar surface area (TPSA) is 45.5 Å². The smallest absolute Gasteiger partial charge is 0.290 e. The SMILES string of the molecule is O=C(c1occc1Br)N1CCC2CNCC2C1. The first-order valence-corrected chi connectivity index (χ1v) is 6.78. The van der Waals surface area contributed by atoms with E-state index in [2.05, 4.69) is 21.2 Å². The van der Waals surface area contributed by atoms with Gasteiger partial charge in [-0.15, -0.1) is 0 Å². The van der Waals surface area contributed by atoms with E-state index < -0.39 is 0 Å². The average Bonchev–Trinajstić information content (AvgIpc) is 2.95. The highest BCUT2D eigenvalue weighted by Crippen LogP contribution is 2.28. The number of fused-ring (bicyclic) bond motifs is 1. The van der Waals surface area contributed by atoms with Crippen LogP contribution < -0.4 is 5.32 Å². The third kappa shape index (κ3) is 2.02. The molecule has 2 aliphatic rings. The first-order valence-electron chi connectivity index (χ1n) is 5.98. The van der Waals surface area contributed by atoms with Crippen LogP contribution in [0.5, 0.6) is 0 Å². The zero-order chi connectivity index (χ0) is 11.8. The highest BCUT2D eigenvalue weighted by molar-refractivity contribution is 9.10. The first-order chi connectivity index (χ1) is 8.25. The lowest BCUT2D eigenvalue weighted by Crippen LogP contribution is -2.43. The lowest BCUT2D eigenvalue weighted by atomic mass is 9.88. The van der Waals surface area contributed by atoms with Gasteiger partial charge in [-0.2, -0.15) is 0 Å². The Hall–Kier alpha value is -0.810. The molecule has 1 amide bonds. The number of rotatable bonds is 1. The van der Waals surface area contributed by atoms with Crippen LogP contribution in [-0.2, 0) is 0 Å². The molecule has 5 heteroatoms. The van der Waals surface area contributed by atoms with E-state index in [9.17, 15) is 4.79 Å². The standard InChI is InChI=1S/C12H15BrN2O2/c13-10-2-4-17-11(10)12(16)15-3-1-8-5-14-6-9(8)7-15/h2,4,8-9,14H,1,3,5-7H2. The maximum Gasteiger partial charge on any atom is 0.290 e. The van der Waals surface area contributed by atoms with Gasteiger partial charge in [0.2, 0.25) is 5.76 Å². The molecule has 3 rings (SSSR count). The van der Waals surface area contributed by atoms with Gasteiger partial charge in [0.1, 0.15) is 0 Å². The monoisotopic (exact) mass is 298 g/mol. The molecular weight excluding hydrogens is 284 g/mol. The summed E-state index contributed by atoms with van der Waals surface area (Å²) in [5.41, 5.74) is 0. The molecule has 4 nitrogen and oxygen atoms in total. The van der Waals surface area contributed by atoms with Gasteiger partial charge < -0.3 is 14.6 Å². The Morgan fingerprint density at radius 1 is 1.47 bits per heavy atom. The Bertz CT molecular complexity index is 432. The summed E-state index contributed by atoms with van der Waals surface area (Å²) in [6.45, 7) is 3.84. The zero-order valence-corrected chi connectivity index (χ0v) is 11.1. The molecule has 2 saturated heterocycles. The number of hydrogen-bond donors (Lipinski definition) is 1. The Kier molecular flexibility index (Phi) is 2.96. The van der Waals surface area contributed by atoms with E-state index in [1.54, 1.807) is 12.3 Å². The zero-order valence-electron chi connectivity index (χ0n) is 9.49. The molecule has 1 aromatic heterocycles. The van der Waals surface area contributed by atoms with Crippen LogP contribution in [-0.4, -0.2) is 37.0 Å². The van der Waals surface area contributed by atoms with Crippen molar-refractivity contribution in [3.05, 3.63) is 22.6 Å².